The van der Waals surface area contributed by atoms with E-state index >= 15 is 0 Å². The predicted octanol–water partition coefficient (Wildman–Crippen LogP) is 11.2. The summed E-state index contributed by atoms with van der Waals surface area (Å²) in [5.41, 5.74) is 0. The Bertz CT molecular complexity index is 1720. The van der Waals surface area contributed by atoms with E-state index in [-0.39, 0.29) is 0 Å². The number of hydrogen-bond donors (Lipinski definition) is 0. The molecule has 5 aromatic rings. The molecule has 0 saturated heterocycles. The molecule has 5 heterocycles. The average Bonchev–Trinajstić information content (AvgIpc) is 3.82. The molecular weight excluding hydrogens is 593 g/mol. The fraction of sp³-hybridized carbons (Fsp3) is 0.222. The molecule has 0 nitrogen and oxygen atoms in total. The maximum Gasteiger partial charge on any atom is 0.0785 e. The molecule has 0 radical (unpaired) electrons. The van der Waals surface area contributed by atoms with Crippen molar-refractivity contribution in [3.05, 3.63) is 89.9 Å². The lowest BCUT2D eigenvalue weighted by atomic mass is 10.2. The van der Waals surface area contributed by atoms with Crippen molar-refractivity contribution in [1.82, 2.24) is 0 Å². The van der Waals surface area contributed by atoms with Crippen LogP contribution >= 0.6 is 56.7 Å². The highest BCUT2D eigenvalue weighted by Gasteiger charge is 2.09. The lowest BCUT2D eigenvalue weighted by Crippen LogP contribution is -1.67. The zero-order valence-electron chi connectivity index (χ0n) is 23.1. The summed E-state index contributed by atoms with van der Waals surface area (Å²) in [4.78, 5) is 11.5. The van der Waals surface area contributed by atoms with E-state index in [0.29, 0.717) is 0 Å². The quantitative estimate of drug-likeness (QED) is 0.131. The van der Waals surface area contributed by atoms with Gasteiger partial charge in [0, 0.05) is 32.4 Å². The van der Waals surface area contributed by atoms with Gasteiger partial charge in [0.05, 0.1) is 29.3 Å². The van der Waals surface area contributed by atoms with Crippen LogP contribution in [0.5, 0.6) is 0 Å². The Kier molecular flexibility index (Phi) is 10.8. The van der Waals surface area contributed by atoms with Gasteiger partial charge in [-0.05, 0) is 97.2 Å². The van der Waals surface area contributed by atoms with E-state index in [4.69, 9.17) is 0 Å². The Morgan fingerprint density at radius 1 is 0.390 bits per heavy atom. The molecule has 0 saturated carbocycles. The highest BCUT2D eigenvalue weighted by molar-refractivity contribution is 7.26. The minimum atomic E-state index is 0.964. The summed E-state index contributed by atoms with van der Waals surface area (Å²) < 4.78 is 0. The predicted molar refractivity (Wildman–Crippen MR) is 184 cm³/mol. The van der Waals surface area contributed by atoms with E-state index in [9.17, 15) is 0 Å². The molecule has 5 aromatic heterocycles. The van der Waals surface area contributed by atoms with Crippen LogP contribution in [0.25, 0.3) is 19.5 Å². The third-order valence-corrected chi connectivity index (χ3v) is 11.2. The zero-order chi connectivity index (χ0) is 28.3. The van der Waals surface area contributed by atoms with Gasteiger partial charge in [-0.25, -0.2) is 0 Å². The lowest BCUT2D eigenvalue weighted by molar-refractivity contribution is 0.828. The van der Waals surface area contributed by atoms with Crippen molar-refractivity contribution < 1.29 is 0 Å². The Morgan fingerprint density at radius 3 is 1.12 bits per heavy atom. The summed E-state index contributed by atoms with van der Waals surface area (Å²) in [6.45, 7) is 4.39. The fourth-order valence-corrected chi connectivity index (χ4v) is 8.07. The van der Waals surface area contributed by atoms with Crippen molar-refractivity contribution in [2.24, 2.45) is 0 Å². The van der Waals surface area contributed by atoms with Crippen molar-refractivity contribution in [2.45, 2.75) is 52.4 Å². The molecule has 202 valence electrons. The van der Waals surface area contributed by atoms with Crippen molar-refractivity contribution in [3.8, 4) is 66.9 Å². The summed E-state index contributed by atoms with van der Waals surface area (Å²) in [6, 6.07) is 21.3. The van der Waals surface area contributed by atoms with E-state index in [0.717, 1.165) is 54.9 Å². The summed E-state index contributed by atoms with van der Waals surface area (Å²) in [6.07, 6.45) is 6.61. The largest absolute Gasteiger partial charge is 0.134 e. The molecule has 0 N–H and O–H groups in total. The molecule has 0 aliphatic rings. The summed E-state index contributed by atoms with van der Waals surface area (Å²) in [5, 5.41) is 0. The SMILES string of the molecule is CCCCC#Cc1ccc(C#Cc2ccc(-c3ccc(-c4ccc(C#Cc5ccc(C#CCCCC)s5)s4)s3)s2)s1. The van der Waals surface area contributed by atoms with Crippen LogP contribution in [0, 0.1) is 47.4 Å². The van der Waals surface area contributed by atoms with Crippen LogP contribution in [0.2, 0.25) is 0 Å². The summed E-state index contributed by atoms with van der Waals surface area (Å²) in [7, 11) is 0. The monoisotopic (exact) mass is 620 g/mol. The third-order valence-electron chi connectivity index (χ3n) is 5.87. The van der Waals surface area contributed by atoms with Crippen molar-refractivity contribution in [1.29, 1.82) is 0 Å². The molecular formula is C36H28S5. The van der Waals surface area contributed by atoms with Crippen LogP contribution in [-0.4, -0.2) is 0 Å². The second-order valence-electron chi connectivity index (χ2n) is 9.13. The van der Waals surface area contributed by atoms with E-state index in [2.05, 4.69) is 122 Å². The second kappa shape index (κ2) is 15.1. The van der Waals surface area contributed by atoms with Gasteiger partial charge in [0.25, 0.3) is 0 Å². The first kappa shape index (κ1) is 29.2. The Balaban J connectivity index is 1.20. The second-order valence-corrected chi connectivity index (χ2v) is 14.5. The number of rotatable bonds is 6. The maximum absolute atomic E-state index is 3.34. The fourth-order valence-electron chi connectivity index (χ4n) is 3.70. The standard InChI is InChI=1S/C36H28S5/c1-3-5-7-9-11-27-13-15-29(37-27)17-19-31-21-23-33(39-31)35-25-26-36(41-35)34-24-22-32(40-34)20-18-30-16-14-28(38-30)12-10-8-6-4-2/h13-16,21-26H,3-8H2,1-2H3. The minimum Gasteiger partial charge on any atom is -0.134 e. The van der Waals surface area contributed by atoms with Gasteiger partial charge in [-0.3, -0.25) is 0 Å². The molecule has 0 atom stereocenters. The van der Waals surface area contributed by atoms with E-state index in [1.807, 2.05) is 11.3 Å². The van der Waals surface area contributed by atoms with Crippen LogP contribution in [0.15, 0.2) is 60.7 Å². The van der Waals surface area contributed by atoms with Crippen LogP contribution in [-0.2, 0) is 0 Å². The van der Waals surface area contributed by atoms with Crippen LogP contribution < -0.4 is 0 Å². The van der Waals surface area contributed by atoms with Gasteiger partial charge >= 0.3 is 0 Å². The normalized spacial score (nSPS) is 10.0. The number of thiophene rings is 5. The zero-order valence-corrected chi connectivity index (χ0v) is 27.1. The first-order chi connectivity index (χ1) is 20.2. The molecule has 0 aliphatic heterocycles. The van der Waals surface area contributed by atoms with Gasteiger partial charge in [0.15, 0.2) is 0 Å². The lowest BCUT2D eigenvalue weighted by Gasteiger charge is -1.90. The van der Waals surface area contributed by atoms with Crippen molar-refractivity contribution >= 4 is 56.7 Å². The summed E-state index contributed by atoms with van der Waals surface area (Å²) >= 11 is 8.65. The number of unbranched alkanes of at least 4 members (excludes halogenated alkanes) is 4. The van der Waals surface area contributed by atoms with Gasteiger partial charge in [0.2, 0.25) is 0 Å². The number of hydrogen-bond acceptors (Lipinski definition) is 5. The maximum atomic E-state index is 3.34. The first-order valence-corrected chi connectivity index (χ1v) is 17.8. The van der Waals surface area contributed by atoms with Gasteiger partial charge in [-0.1, -0.05) is 50.4 Å². The molecule has 0 bridgehead atoms. The molecule has 41 heavy (non-hydrogen) atoms. The molecule has 0 amide bonds. The van der Waals surface area contributed by atoms with E-state index < -0.39 is 0 Å². The Hall–Kier alpha value is -3.26. The Morgan fingerprint density at radius 2 is 0.707 bits per heavy atom. The highest BCUT2D eigenvalue weighted by Crippen LogP contribution is 2.39. The van der Waals surface area contributed by atoms with Gasteiger partial charge < -0.3 is 0 Å². The molecule has 0 aromatic carbocycles. The smallest absolute Gasteiger partial charge is 0.0785 e. The van der Waals surface area contributed by atoms with E-state index in [1.54, 1.807) is 45.3 Å². The molecule has 5 rings (SSSR count). The van der Waals surface area contributed by atoms with Crippen LogP contribution in [0.3, 0.4) is 0 Å². The van der Waals surface area contributed by atoms with Crippen molar-refractivity contribution in [3.63, 3.8) is 0 Å². The van der Waals surface area contributed by atoms with E-state index in [1.165, 1.54) is 32.4 Å². The van der Waals surface area contributed by atoms with Gasteiger partial charge in [-0.2, -0.15) is 0 Å². The van der Waals surface area contributed by atoms with Gasteiger partial charge in [-0.15, -0.1) is 56.7 Å². The molecule has 5 heteroatoms. The average molecular weight is 621 g/mol. The molecule has 0 spiro atoms. The third kappa shape index (κ3) is 8.62. The van der Waals surface area contributed by atoms with Crippen LogP contribution in [0.4, 0.5) is 0 Å². The van der Waals surface area contributed by atoms with Gasteiger partial charge in [0.1, 0.15) is 0 Å². The first-order valence-electron chi connectivity index (χ1n) is 13.7. The van der Waals surface area contributed by atoms with Crippen LogP contribution in [0.1, 0.15) is 81.6 Å². The van der Waals surface area contributed by atoms with Crippen molar-refractivity contribution in [2.75, 3.05) is 0 Å². The molecule has 0 unspecified atom stereocenters. The molecule has 0 fully saturated rings. The topological polar surface area (TPSA) is 0 Å². The summed E-state index contributed by atoms with van der Waals surface area (Å²) in [5.74, 6) is 26.3. The molecule has 0 aliphatic carbocycles. The Labute approximate surface area is 264 Å². The minimum absolute atomic E-state index is 0.964. The highest BCUT2D eigenvalue weighted by atomic mass is 32.1.